The number of hydrogen-bond donors (Lipinski definition) is 2. The van der Waals surface area contributed by atoms with Crippen LogP contribution >= 0.6 is 23.4 Å². The van der Waals surface area contributed by atoms with Crippen LogP contribution in [0, 0.1) is 6.92 Å². The SMILES string of the molecule is Cc1onc(-c2ccccc2Cl)c1C(=O)NC1C(=O)N2C(c3nn[nH]n3)C(C)(C)S[C@@H]12. The molecule has 0 bridgehead atoms. The number of thioether (sulfide) groups is 1. The molecule has 10 nitrogen and oxygen atoms in total. The number of halogens is 1. The van der Waals surface area contributed by atoms with E-state index in [1.165, 1.54) is 0 Å². The lowest BCUT2D eigenvalue weighted by Gasteiger charge is -2.44. The number of aromatic amines is 1. The van der Waals surface area contributed by atoms with Crippen LogP contribution in [-0.2, 0) is 4.79 Å². The highest BCUT2D eigenvalue weighted by atomic mass is 35.5. The summed E-state index contributed by atoms with van der Waals surface area (Å²) in [6.07, 6.45) is 0. The molecule has 0 aliphatic carbocycles. The number of benzene rings is 1. The first kappa shape index (κ1) is 20.0. The number of nitrogens with zero attached hydrogens (tertiary/aromatic N) is 5. The van der Waals surface area contributed by atoms with Crippen LogP contribution in [0.1, 0.15) is 41.8 Å². The van der Waals surface area contributed by atoms with Gasteiger partial charge in [-0.1, -0.05) is 40.2 Å². The fraction of sp³-hybridized carbons (Fsp3) is 0.368. The van der Waals surface area contributed by atoms with Crippen molar-refractivity contribution in [2.75, 3.05) is 0 Å². The predicted octanol–water partition coefficient (Wildman–Crippen LogP) is 2.35. The number of β-lactam (4-membered cyclic amide) rings is 1. The Labute approximate surface area is 186 Å². The molecule has 0 radical (unpaired) electrons. The van der Waals surface area contributed by atoms with Gasteiger partial charge in [-0.25, -0.2) is 0 Å². The Balaban J connectivity index is 1.41. The number of tetrazole rings is 1. The standard InChI is InChI=1S/C19H18ClN7O3S/c1-8-11(12(24-30-8)9-6-4-5-7-10(9)20)16(28)21-13-17(29)27-14(15-22-25-26-23-15)19(2,3)31-18(13)27/h4-7,13-14,18H,1-3H3,(H,21,28)(H,22,23,25,26)/t13?,14?,18-/m0/s1. The maximum Gasteiger partial charge on any atom is 0.257 e. The molecule has 1 aromatic carbocycles. The number of fused-ring (bicyclic) bond motifs is 1. The lowest BCUT2D eigenvalue weighted by atomic mass is 9.95. The van der Waals surface area contributed by atoms with Crippen molar-refractivity contribution in [3.63, 3.8) is 0 Å². The van der Waals surface area contributed by atoms with Crippen LogP contribution in [0.25, 0.3) is 11.3 Å². The molecule has 2 amide bonds. The number of amides is 2. The molecule has 2 unspecified atom stereocenters. The van der Waals surface area contributed by atoms with Crippen LogP contribution in [0.15, 0.2) is 28.8 Å². The Morgan fingerprint density at radius 2 is 2.13 bits per heavy atom. The van der Waals surface area contributed by atoms with Crippen molar-refractivity contribution in [3.05, 3.63) is 46.4 Å². The first-order chi connectivity index (χ1) is 14.8. The summed E-state index contributed by atoms with van der Waals surface area (Å²) in [4.78, 5) is 27.9. The number of carbonyl (C=O) groups excluding carboxylic acids is 2. The minimum absolute atomic E-state index is 0.195. The van der Waals surface area contributed by atoms with Gasteiger partial charge in [0.2, 0.25) is 5.91 Å². The number of aryl methyl sites for hydroxylation is 1. The van der Waals surface area contributed by atoms with Gasteiger partial charge in [-0.05, 0) is 26.8 Å². The van der Waals surface area contributed by atoms with Crippen molar-refractivity contribution in [2.45, 2.75) is 43.0 Å². The van der Waals surface area contributed by atoms with Gasteiger partial charge in [-0.15, -0.1) is 22.0 Å². The lowest BCUT2D eigenvalue weighted by Crippen LogP contribution is -2.67. The second kappa shape index (κ2) is 7.06. The summed E-state index contributed by atoms with van der Waals surface area (Å²) in [5, 5.41) is 21.3. The summed E-state index contributed by atoms with van der Waals surface area (Å²) >= 11 is 7.88. The van der Waals surface area contributed by atoms with Crippen molar-refractivity contribution >= 4 is 35.2 Å². The summed E-state index contributed by atoms with van der Waals surface area (Å²) in [5.41, 5.74) is 1.19. The molecule has 2 aliphatic rings. The van der Waals surface area contributed by atoms with Crippen LogP contribution in [-0.4, -0.2) is 58.7 Å². The van der Waals surface area contributed by atoms with E-state index in [0.717, 1.165) is 0 Å². The number of H-pyrrole nitrogens is 1. The Bertz CT molecular complexity index is 1180. The number of aromatic nitrogens is 5. The highest BCUT2D eigenvalue weighted by molar-refractivity contribution is 8.01. The quantitative estimate of drug-likeness (QED) is 0.568. The van der Waals surface area contributed by atoms with Crippen molar-refractivity contribution in [2.24, 2.45) is 0 Å². The smallest absolute Gasteiger partial charge is 0.257 e. The second-order valence-electron chi connectivity index (χ2n) is 7.92. The van der Waals surface area contributed by atoms with Gasteiger partial charge >= 0.3 is 0 Å². The number of hydrogen-bond acceptors (Lipinski definition) is 8. The molecular formula is C19H18ClN7O3S. The predicted molar refractivity (Wildman–Crippen MR) is 112 cm³/mol. The summed E-state index contributed by atoms with van der Waals surface area (Å²) in [6.45, 7) is 5.68. The molecule has 0 spiro atoms. The average Bonchev–Trinajstić information content (AvgIpc) is 3.43. The van der Waals surface area contributed by atoms with Crippen LogP contribution in [0.4, 0.5) is 0 Å². The first-order valence-electron chi connectivity index (χ1n) is 9.55. The highest BCUT2D eigenvalue weighted by Gasteiger charge is 2.63. The molecule has 31 heavy (non-hydrogen) atoms. The minimum atomic E-state index is -0.679. The maximum atomic E-state index is 13.2. The largest absolute Gasteiger partial charge is 0.360 e. The fourth-order valence-corrected chi connectivity index (χ4v) is 6.00. The zero-order chi connectivity index (χ0) is 21.9. The zero-order valence-corrected chi connectivity index (χ0v) is 18.4. The van der Waals surface area contributed by atoms with Crippen molar-refractivity contribution < 1.29 is 14.1 Å². The molecule has 2 fully saturated rings. The van der Waals surface area contributed by atoms with Gasteiger partial charge in [-0.2, -0.15) is 5.21 Å². The molecule has 4 heterocycles. The monoisotopic (exact) mass is 459 g/mol. The topological polar surface area (TPSA) is 130 Å². The van der Waals surface area contributed by atoms with E-state index in [1.807, 2.05) is 13.8 Å². The minimum Gasteiger partial charge on any atom is -0.360 e. The second-order valence-corrected chi connectivity index (χ2v) is 10.1. The maximum absolute atomic E-state index is 13.2. The van der Waals surface area contributed by atoms with Gasteiger partial charge in [0, 0.05) is 10.3 Å². The number of carbonyl (C=O) groups is 2. The Morgan fingerprint density at radius 3 is 2.84 bits per heavy atom. The number of nitrogens with one attached hydrogen (secondary N) is 2. The Morgan fingerprint density at radius 1 is 1.35 bits per heavy atom. The van der Waals surface area contributed by atoms with Crippen molar-refractivity contribution in [3.8, 4) is 11.3 Å². The van der Waals surface area contributed by atoms with Crippen LogP contribution in [0.3, 0.4) is 0 Å². The van der Waals surface area contributed by atoms with E-state index in [4.69, 9.17) is 16.1 Å². The third-order valence-corrected chi connectivity index (χ3v) is 7.45. The van der Waals surface area contributed by atoms with Crippen LogP contribution in [0.5, 0.6) is 0 Å². The van der Waals surface area contributed by atoms with Crippen LogP contribution in [0.2, 0.25) is 5.02 Å². The molecular weight excluding hydrogens is 442 g/mol. The third-order valence-electron chi connectivity index (χ3n) is 5.55. The molecule has 12 heteroatoms. The highest BCUT2D eigenvalue weighted by Crippen LogP contribution is 2.56. The van der Waals surface area contributed by atoms with Gasteiger partial charge in [-0.3, -0.25) is 9.59 Å². The lowest BCUT2D eigenvalue weighted by molar-refractivity contribution is -0.148. The molecule has 5 rings (SSSR count). The van der Waals surface area contributed by atoms with E-state index in [1.54, 1.807) is 47.9 Å². The fourth-order valence-electron chi connectivity index (χ4n) is 4.14. The molecule has 3 aromatic rings. The molecule has 2 N–H and O–H groups in total. The Kier molecular flexibility index (Phi) is 4.56. The molecule has 2 saturated heterocycles. The van der Waals surface area contributed by atoms with E-state index >= 15 is 0 Å². The normalized spacial score (nSPS) is 24.1. The van der Waals surface area contributed by atoms with Gasteiger partial charge in [0.1, 0.15) is 34.5 Å². The summed E-state index contributed by atoms with van der Waals surface area (Å²) in [7, 11) is 0. The van der Waals surface area contributed by atoms with E-state index in [0.29, 0.717) is 27.9 Å². The van der Waals surface area contributed by atoms with E-state index < -0.39 is 11.9 Å². The van der Waals surface area contributed by atoms with E-state index in [2.05, 4.69) is 31.1 Å². The molecule has 2 aromatic heterocycles. The van der Waals surface area contributed by atoms with Gasteiger partial charge in [0.05, 0.1) is 5.02 Å². The summed E-state index contributed by atoms with van der Waals surface area (Å²) < 4.78 is 4.93. The van der Waals surface area contributed by atoms with E-state index in [-0.39, 0.29) is 27.6 Å². The first-order valence-corrected chi connectivity index (χ1v) is 10.8. The molecule has 160 valence electrons. The molecule has 3 atom stereocenters. The molecule has 2 aliphatic heterocycles. The summed E-state index contributed by atoms with van der Waals surface area (Å²) in [5.74, 6) is 0.168. The number of rotatable bonds is 4. The Hall–Kier alpha value is -2.92. The van der Waals surface area contributed by atoms with Crippen LogP contribution < -0.4 is 5.32 Å². The third kappa shape index (κ3) is 3.02. The van der Waals surface area contributed by atoms with Crippen molar-refractivity contribution in [1.82, 2.24) is 36.0 Å². The molecule has 0 saturated carbocycles. The zero-order valence-electron chi connectivity index (χ0n) is 16.8. The van der Waals surface area contributed by atoms with Crippen molar-refractivity contribution in [1.29, 1.82) is 0 Å². The van der Waals surface area contributed by atoms with Gasteiger partial charge in [0.25, 0.3) is 5.91 Å². The van der Waals surface area contributed by atoms with Gasteiger partial charge < -0.3 is 14.7 Å². The van der Waals surface area contributed by atoms with Gasteiger partial charge in [0.15, 0.2) is 5.82 Å². The van der Waals surface area contributed by atoms with E-state index in [9.17, 15) is 9.59 Å². The summed E-state index contributed by atoms with van der Waals surface area (Å²) in [6, 6.07) is 6.05. The average molecular weight is 460 g/mol.